The number of hydrogen-bond donors (Lipinski definition) is 1. The molecule has 0 saturated heterocycles. The molecule has 2 aromatic heterocycles. The van der Waals surface area contributed by atoms with E-state index in [1.54, 1.807) is 11.3 Å². The van der Waals surface area contributed by atoms with Crippen LogP contribution >= 0.6 is 22.7 Å². The van der Waals surface area contributed by atoms with Gasteiger partial charge in [0.2, 0.25) is 0 Å². The highest BCUT2D eigenvalue weighted by Gasteiger charge is 2.17. The third kappa shape index (κ3) is 3.16. The van der Waals surface area contributed by atoms with E-state index in [1.165, 1.54) is 14.6 Å². The molecule has 0 radical (unpaired) electrons. The number of hydrogen-bond acceptors (Lipinski definition) is 4. The predicted octanol–water partition coefficient (Wildman–Crippen LogP) is 3.25. The summed E-state index contributed by atoms with van der Waals surface area (Å²) in [5.74, 6) is 0. The summed E-state index contributed by atoms with van der Waals surface area (Å²) < 4.78 is 0. The van der Waals surface area contributed by atoms with Gasteiger partial charge in [0.05, 0.1) is 6.04 Å². The Morgan fingerprint density at radius 3 is 2.71 bits per heavy atom. The second-order valence-corrected chi connectivity index (χ2v) is 6.55. The number of thiophene rings is 2. The average Bonchev–Trinajstić information content (AvgIpc) is 2.91. The van der Waals surface area contributed by atoms with Crippen LogP contribution in [0.2, 0.25) is 0 Å². The molecule has 0 amide bonds. The molecule has 0 aliphatic heterocycles. The fourth-order valence-electron chi connectivity index (χ4n) is 1.90. The minimum Gasteiger partial charge on any atom is -0.329 e. The van der Waals surface area contributed by atoms with Crippen molar-refractivity contribution in [3.05, 3.63) is 44.3 Å². The lowest BCUT2D eigenvalue weighted by molar-refractivity contribution is 0.247. The molecule has 17 heavy (non-hydrogen) atoms. The van der Waals surface area contributed by atoms with E-state index in [2.05, 4.69) is 48.5 Å². The monoisotopic (exact) mass is 266 g/mol. The van der Waals surface area contributed by atoms with Crippen LogP contribution in [0, 0.1) is 6.92 Å². The van der Waals surface area contributed by atoms with Crippen LogP contribution < -0.4 is 5.73 Å². The van der Waals surface area contributed by atoms with Crippen LogP contribution in [-0.2, 0) is 6.54 Å². The van der Waals surface area contributed by atoms with Crippen molar-refractivity contribution in [3.63, 3.8) is 0 Å². The van der Waals surface area contributed by atoms with E-state index in [0.717, 1.165) is 6.54 Å². The van der Waals surface area contributed by atoms with Crippen LogP contribution in [0.5, 0.6) is 0 Å². The highest BCUT2D eigenvalue weighted by molar-refractivity contribution is 7.12. The Labute approximate surface area is 111 Å². The first-order valence-electron chi connectivity index (χ1n) is 5.69. The van der Waals surface area contributed by atoms with Crippen LogP contribution in [0.15, 0.2) is 29.6 Å². The van der Waals surface area contributed by atoms with Gasteiger partial charge in [0.1, 0.15) is 0 Å². The molecule has 0 saturated carbocycles. The van der Waals surface area contributed by atoms with E-state index in [1.807, 2.05) is 11.3 Å². The lowest BCUT2D eigenvalue weighted by atomic mass is 10.2. The maximum atomic E-state index is 5.91. The molecule has 2 N–H and O–H groups in total. The fourth-order valence-corrected chi connectivity index (χ4v) is 3.73. The first-order chi connectivity index (χ1) is 8.20. The normalized spacial score (nSPS) is 13.2. The summed E-state index contributed by atoms with van der Waals surface area (Å²) in [6, 6.07) is 8.97. The molecule has 1 unspecified atom stereocenters. The minimum atomic E-state index is 0.329. The van der Waals surface area contributed by atoms with E-state index < -0.39 is 0 Å². The van der Waals surface area contributed by atoms with E-state index in [9.17, 15) is 0 Å². The van der Waals surface area contributed by atoms with Crippen LogP contribution in [0.25, 0.3) is 0 Å². The molecule has 2 nitrogen and oxygen atoms in total. The highest BCUT2D eigenvalue weighted by Crippen LogP contribution is 2.27. The summed E-state index contributed by atoms with van der Waals surface area (Å²) in [6.45, 7) is 3.78. The van der Waals surface area contributed by atoms with Gasteiger partial charge in [0.25, 0.3) is 0 Å². The summed E-state index contributed by atoms with van der Waals surface area (Å²) in [4.78, 5) is 6.43. The van der Waals surface area contributed by atoms with Crippen LogP contribution in [0.1, 0.15) is 20.7 Å². The Hall–Kier alpha value is -0.680. The lowest BCUT2D eigenvalue weighted by Gasteiger charge is -2.25. The zero-order chi connectivity index (χ0) is 12.3. The third-order valence-electron chi connectivity index (χ3n) is 2.83. The predicted molar refractivity (Wildman–Crippen MR) is 76.6 cm³/mol. The van der Waals surface area contributed by atoms with E-state index in [4.69, 9.17) is 5.73 Å². The molecule has 2 heterocycles. The largest absolute Gasteiger partial charge is 0.329 e. The standard InChI is InChI=1S/C13H18N2S2/c1-10-5-6-13(17-10)12(8-14)15(2)9-11-4-3-7-16-11/h3-7,12H,8-9,14H2,1-2H3. The lowest BCUT2D eigenvalue weighted by Crippen LogP contribution is -2.29. The molecule has 0 bridgehead atoms. The molecular formula is C13H18N2S2. The van der Waals surface area contributed by atoms with Crippen molar-refractivity contribution in [2.75, 3.05) is 13.6 Å². The Morgan fingerprint density at radius 2 is 2.18 bits per heavy atom. The van der Waals surface area contributed by atoms with Crippen molar-refractivity contribution in [3.8, 4) is 0 Å². The molecule has 2 rings (SSSR count). The SMILES string of the molecule is Cc1ccc(C(CN)N(C)Cc2cccs2)s1. The zero-order valence-electron chi connectivity index (χ0n) is 10.2. The van der Waals surface area contributed by atoms with Crippen LogP contribution in [0.4, 0.5) is 0 Å². The van der Waals surface area contributed by atoms with Crippen molar-refractivity contribution in [1.29, 1.82) is 0 Å². The molecule has 0 aliphatic carbocycles. The van der Waals surface area contributed by atoms with Gasteiger partial charge < -0.3 is 5.73 Å². The van der Waals surface area contributed by atoms with Gasteiger partial charge in [-0.3, -0.25) is 4.90 Å². The molecule has 0 aliphatic rings. The van der Waals surface area contributed by atoms with Gasteiger partial charge in [-0.15, -0.1) is 22.7 Å². The maximum Gasteiger partial charge on any atom is 0.0565 e. The van der Waals surface area contributed by atoms with Crippen molar-refractivity contribution in [1.82, 2.24) is 4.90 Å². The first-order valence-corrected chi connectivity index (χ1v) is 7.39. The minimum absolute atomic E-state index is 0.329. The molecule has 4 heteroatoms. The van der Waals surface area contributed by atoms with Crippen molar-refractivity contribution < 1.29 is 0 Å². The van der Waals surface area contributed by atoms with E-state index in [0.29, 0.717) is 12.6 Å². The number of aryl methyl sites for hydroxylation is 1. The van der Waals surface area contributed by atoms with Crippen LogP contribution in [-0.4, -0.2) is 18.5 Å². The summed E-state index contributed by atoms with van der Waals surface area (Å²) in [7, 11) is 2.15. The smallest absolute Gasteiger partial charge is 0.0565 e. The molecule has 0 spiro atoms. The van der Waals surface area contributed by atoms with Crippen molar-refractivity contribution in [2.24, 2.45) is 5.73 Å². The summed E-state index contributed by atoms with van der Waals surface area (Å²) in [5.41, 5.74) is 5.91. The quantitative estimate of drug-likeness (QED) is 0.900. The Kier molecular flexibility index (Phi) is 4.34. The number of nitrogens with two attached hydrogens (primary N) is 1. The van der Waals surface area contributed by atoms with Crippen LogP contribution in [0.3, 0.4) is 0 Å². The molecule has 0 aromatic carbocycles. The third-order valence-corrected chi connectivity index (χ3v) is 4.79. The van der Waals surface area contributed by atoms with Gasteiger partial charge >= 0.3 is 0 Å². The van der Waals surface area contributed by atoms with Crippen molar-refractivity contribution >= 4 is 22.7 Å². The number of likely N-dealkylation sites (N-methyl/N-ethyl adjacent to an activating group) is 1. The molecule has 2 aromatic rings. The molecular weight excluding hydrogens is 248 g/mol. The van der Waals surface area contributed by atoms with Gasteiger partial charge in [0, 0.05) is 27.7 Å². The summed E-state index contributed by atoms with van der Waals surface area (Å²) >= 11 is 3.64. The topological polar surface area (TPSA) is 29.3 Å². The number of rotatable bonds is 5. The zero-order valence-corrected chi connectivity index (χ0v) is 11.9. The van der Waals surface area contributed by atoms with E-state index in [-0.39, 0.29) is 0 Å². The first kappa shape index (κ1) is 12.8. The number of nitrogens with zero attached hydrogens (tertiary/aromatic N) is 1. The van der Waals surface area contributed by atoms with Gasteiger partial charge in [-0.05, 0) is 37.6 Å². The van der Waals surface area contributed by atoms with Crippen molar-refractivity contribution in [2.45, 2.75) is 19.5 Å². The Bertz CT molecular complexity index is 448. The molecule has 92 valence electrons. The van der Waals surface area contributed by atoms with Gasteiger partial charge in [-0.1, -0.05) is 6.07 Å². The second-order valence-electron chi connectivity index (χ2n) is 4.19. The second kappa shape index (κ2) is 5.78. The molecule has 1 atom stereocenters. The highest BCUT2D eigenvalue weighted by atomic mass is 32.1. The van der Waals surface area contributed by atoms with E-state index >= 15 is 0 Å². The summed E-state index contributed by atoms with van der Waals surface area (Å²) in [5, 5.41) is 2.12. The Balaban J connectivity index is 2.07. The molecule has 0 fully saturated rings. The van der Waals surface area contributed by atoms with Gasteiger partial charge in [-0.2, -0.15) is 0 Å². The average molecular weight is 266 g/mol. The van der Waals surface area contributed by atoms with Gasteiger partial charge in [0.15, 0.2) is 0 Å². The Morgan fingerprint density at radius 1 is 1.35 bits per heavy atom. The summed E-state index contributed by atoms with van der Waals surface area (Å²) in [6.07, 6.45) is 0. The fraction of sp³-hybridized carbons (Fsp3) is 0.385. The maximum absolute atomic E-state index is 5.91. The van der Waals surface area contributed by atoms with Gasteiger partial charge in [-0.25, -0.2) is 0 Å².